The highest BCUT2D eigenvalue weighted by Crippen LogP contribution is 2.13. The van der Waals surface area contributed by atoms with E-state index in [1.807, 2.05) is 29.4 Å². The summed E-state index contributed by atoms with van der Waals surface area (Å²) in [4.78, 5) is 14.2. The quantitative estimate of drug-likeness (QED) is 0.866. The number of hydrogen-bond donors (Lipinski definition) is 1. The summed E-state index contributed by atoms with van der Waals surface area (Å²) in [6, 6.07) is 9.86. The zero-order valence-electron chi connectivity index (χ0n) is 12.5. The molecule has 2 atom stereocenters. The van der Waals surface area contributed by atoms with Gasteiger partial charge in [0.1, 0.15) is 0 Å². The summed E-state index contributed by atoms with van der Waals surface area (Å²) in [5, 5.41) is 0. The largest absolute Gasteiger partial charge is 0.374 e. The number of hydrogen-bond acceptors (Lipinski definition) is 4. The first-order chi connectivity index (χ1) is 10.2. The molecule has 0 radical (unpaired) electrons. The Labute approximate surface area is 131 Å². The Morgan fingerprint density at radius 3 is 2.95 bits per heavy atom. The highest BCUT2D eigenvalue weighted by atomic mass is 32.2. The summed E-state index contributed by atoms with van der Waals surface area (Å²) >= 11 is 1.72. The van der Waals surface area contributed by atoms with E-state index in [4.69, 9.17) is 10.5 Å². The molecule has 4 nitrogen and oxygen atoms in total. The first-order valence-electron chi connectivity index (χ1n) is 7.39. The molecule has 1 aromatic rings. The Kier molecular flexibility index (Phi) is 6.54. The first-order valence-corrected chi connectivity index (χ1v) is 8.79. The van der Waals surface area contributed by atoms with Crippen molar-refractivity contribution in [3.05, 3.63) is 35.9 Å². The van der Waals surface area contributed by atoms with Crippen molar-refractivity contribution in [2.24, 2.45) is 5.73 Å². The fraction of sp³-hybridized carbons (Fsp3) is 0.562. The van der Waals surface area contributed by atoms with E-state index in [1.54, 1.807) is 11.8 Å². The maximum Gasteiger partial charge on any atom is 0.239 e. The normalized spacial score (nSPS) is 20.3. The molecule has 5 heteroatoms. The van der Waals surface area contributed by atoms with Crippen molar-refractivity contribution >= 4 is 17.7 Å². The van der Waals surface area contributed by atoms with Crippen LogP contribution >= 0.6 is 11.8 Å². The van der Waals surface area contributed by atoms with Crippen LogP contribution < -0.4 is 5.73 Å². The van der Waals surface area contributed by atoms with Gasteiger partial charge in [-0.2, -0.15) is 11.8 Å². The molecule has 0 unspecified atom stereocenters. The minimum atomic E-state index is -0.382. The van der Waals surface area contributed by atoms with Crippen LogP contribution in [0.3, 0.4) is 0 Å². The van der Waals surface area contributed by atoms with E-state index >= 15 is 0 Å². The van der Waals surface area contributed by atoms with Crippen molar-refractivity contribution in [1.82, 2.24) is 4.90 Å². The number of carbonyl (C=O) groups excluding carboxylic acids is 1. The lowest BCUT2D eigenvalue weighted by Crippen LogP contribution is -2.52. The Morgan fingerprint density at radius 1 is 1.48 bits per heavy atom. The SMILES string of the molecule is CSCC[C@H](N)C(=O)N1CCO[C@@H](Cc2ccccc2)C1. The summed E-state index contributed by atoms with van der Waals surface area (Å²) in [5.41, 5.74) is 7.23. The van der Waals surface area contributed by atoms with Crippen molar-refractivity contribution in [3.8, 4) is 0 Å². The molecule has 1 aliphatic heterocycles. The molecule has 1 heterocycles. The fourth-order valence-corrected chi connectivity index (χ4v) is 3.01. The zero-order chi connectivity index (χ0) is 15.1. The van der Waals surface area contributed by atoms with E-state index in [2.05, 4.69) is 12.1 Å². The van der Waals surface area contributed by atoms with Gasteiger partial charge in [0, 0.05) is 19.5 Å². The molecule has 0 spiro atoms. The molecule has 0 aromatic heterocycles. The number of rotatable bonds is 6. The molecule has 1 aromatic carbocycles. The summed E-state index contributed by atoms with van der Waals surface area (Å²) in [6.07, 6.45) is 3.67. The number of nitrogens with zero attached hydrogens (tertiary/aromatic N) is 1. The van der Waals surface area contributed by atoms with Gasteiger partial charge in [-0.15, -0.1) is 0 Å². The summed E-state index contributed by atoms with van der Waals surface area (Å²) < 4.78 is 5.78. The lowest BCUT2D eigenvalue weighted by atomic mass is 10.1. The van der Waals surface area contributed by atoms with E-state index in [1.165, 1.54) is 5.56 Å². The number of ether oxygens (including phenoxy) is 1. The first kappa shape index (κ1) is 16.3. The van der Waals surface area contributed by atoms with E-state index in [0.717, 1.165) is 18.6 Å². The van der Waals surface area contributed by atoms with E-state index < -0.39 is 0 Å². The fourth-order valence-electron chi connectivity index (χ4n) is 2.52. The number of carbonyl (C=O) groups is 1. The van der Waals surface area contributed by atoms with Crippen molar-refractivity contribution in [2.75, 3.05) is 31.7 Å². The molecule has 21 heavy (non-hydrogen) atoms. The maximum absolute atomic E-state index is 12.3. The summed E-state index contributed by atoms with van der Waals surface area (Å²) in [7, 11) is 0. The average Bonchev–Trinajstić information content (AvgIpc) is 2.53. The zero-order valence-corrected chi connectivity index (χ0v) is 13.3. The van der Waals surface area contributed by atoms with Gasteiger partial charge in [-0.1, -0.05) is 30.3 Å². The Morgan fingerprint density at radius 2 is 2.24 bits per heavy atom. The lowest BCUT2D eigenvalue weighted by Gasteiger charge is -2.34. The van der Waals surface area contributed by atoms with Gasteiger partial charge in [0.15, 0.2) is 0 Å². The molecule has 2 N–H and O–H groups in total. The van der Waals surface area contributed by atoms with Gasteiger partial charge in [-0.3, -0.25) is 4.79 Å². The standard InChI is InChI=1S/C16H24N2O2S/c1-21-10-7-15(17)16(19)18-8-9-20-14(12-18)11-13-5-3-2-4-6-13/h2-6,14-15H,7-12,17H2,1H3/t14-,15-/m0/s1. The Balaban J connectivity index is 1.86. The topological polar surface area (TPSA) is 55.6 Å². The van der Waals surface area contributed by atoms with Gasteiger partial charge in [0.05, 0.1) is 18.8 Å². The molecule has 0 bridgehead atoms. The van der Waals surface area contributed by atoms with Gasteiger partial charge in [-0.25, -0.2) is 0 Å². The number of nitrogens with two attached hydrogens (primary N) is 1. The highest BCUT2D eigenvalue weighted by Gasteiger charge is 2.27. The van der Waals surface area contributed by atoms with Crippen LogP contribution in [0.15, 0.2) is 30.3 Å². The van der Waals surface area contributed by atoms with Crippen molar-refractivity contribution in [1.29, 1.82) is 0 Å². The van der Waals surface area contributed by atoms with Gasteiger partial charge in [0.2, 0.25) is 5.91 Å². The van der Waals surface area contributed by atoms with Crippen molar-refractivity contribution in [3.63, 3.8) is 0 Å². The second-order valence-electron chi connectivity index (χ2n) is 5.35. The number of benzene rings is 1. The molecular formula is C16H24N2O2S. The van der Waals surface area contributed by atoms with Gasteiger partial charge < -0.3 is 15.4 Å². The molecule has 116 valence electrons. The number of thioether (sulfide) groups is 1. The third-order valence-corrected chi connectivity index (χ3v) is 4.35. The van der Waals surface area contributed by atoms with Gasteiger partial charge in [0.25, 0.3) is 0 Å². The second-order valence-corrected chi connectivity index (χ2v) is 6.34. The molecule has 0 saturated carbocycles. The summed E-state index contributed by atoms with van der Waals surface area (Å²) in [5.74, 6) is 0.982. The van der Waals surface area contributed by atoms with Crippen LogP contribution in [0.5, 0.6) is 0 Å². The molecule has 1 aliphatic rings. The van der Waals surface area contributed by atoms with Gasteiger partial charge in [-0.05, 0) is 24.0 Å². The van der Waals surface area contributed by atoms with Crippen LogP contribution in [0, 0.1) is 0 Å². The minimum Gasteiger partial charge on any atom is -0.374 e. The van der Waals surface area contributed by atoms with Crippen LogP contribution in [0.1, 0.15) is 12.0 Å². The number of morpholine rings is 1. The molecule has 1 saturated heterocycles. The van der Waals surface area contributed by atoms with E-state index in [0.29, 0.717) is 19.7 Å². The van der Waals surface area contributed by atoms with Crippen molar-refractivity contribution < 1.29 is 9.53 Å². The van der Waals surface area contributed by atoms with Gasteiger partial charge >= 0.3 is 0 Å². The number of amides is 1. The molecule has 0 aliphatic carbocycles. The predicted molar refractivity (Wildman–Crippen MR) is 87.4 cm³/mol. The van der Waals surface area contributed by atoms with Crippen LogP contribution in [0.4, 0.5) is 0 Å². The Bertz CT molecular complexity index is 441. The summed E-state index contributed by atoms with van der Waals surface area (Å²) in [6.45, 7) is 1.89. The van der Waals surface area contributed by atoms with E-state index in [-0.39, 0.29) is 18.1 Å². The average molecular weight is 308 g/mol. The van der Waals surface area contributed by atoms with Crippen molar-refractivity contribution in [2.45, 2.75) is 25.0 Å². The molecule has 2 rings (SSSR count). The van der Waals surface area contributed by atoms with Crippen LogP contribution in [-0.2, 0) is 16.0 Å². The van der Waals surface area contributed by atoms with Crippen LogP contribution in [-0.4, -0.2) is 54.7 Å². The second kappa shape index (κ2) is 8.41. The minimum absolute atomic E-state index is 0.0606. The van der Waals surface area contributed by atoms with Crippen LogP contribution in [0.25, 0.3) is 0 Å². The molecule has 1 amide bonds. The van der Waals surface area contributed by atoms with E-state index in [9.17, 15) is 4.79 Å². The third kappa shape index (κ3) is 5.02. The lowest BCUT2D eigenvalue weighted by molar-refractivity contribution is -0.140. The third-order valence-electron chi connectivity index (χ3n) is 3.71. The maximum atomic E-state index is 12.3. The monoisotopic (exact) mass is 308 g/mol. The highest BCUT2D eigenvalue weighted by molar-refractivity contribution is 7.98. The predicted octanol–water partition coefficient (Wildman–Crippen LogP) is 1.54. The Hall–Kier alpha value is -1.04. The smallest absolute Gasteiger partial charge is 0.239 e. The van der Waals surface area contributed by atoms with Crippen LogP contribution in [0.2, 0.25) is 0 Å². The molecular weight excluding hydrogens is 284 g/mol. The molecule has 1 fully saturated rings.